The Morgan fingerprint density at radius 2 is 1.71 bits per heavy atom. The number of hydrogen-bond acceptors (Lipinski definition) is 3. The van der Waals surface area contributed by atoms with Crippen molar-refractivity contribution in [1.82, 2.24) is 9.47 Å². The second-order valence-corrected chi connectivity index (χ2v) is 7.82. The molecule has 1 aromatic heterocycles. The van der Waals surface area contributed by atoms with Crippen LogP contribution in [-0.2, 0) is 19.5 Å². The Morgan fingerprint density at radius 3 is 2.50 bits per heavy atom. The van der Waals surface area contributed by atoms with E-state index < -0.39 is 0 Å². The number of benzene rings is 2. The predicted molar refractivity (Wildman–Crippen MR) is 110 cm³/mol. The molecule has 0 radical (unpaired) electrons. The Morgan fingerprint density at radius 1 is 0.929 bits per heavy atom. The van der Waals surface area contributed by atoms with E-state index in [-0.39, 0.29) is 11.4 Å². The Labute approximate surface area is 163 Å². The zero-order valence-electron chi connectivity index (χ0n) is 15.9. The van der Waals surface area contributed by atoms with Gasteiger partial charge in [0.15, 0.2) is 0 Å². The molecule has 2 aliphatic heterocycles. The van der Waals surface area contributed by atoms with E-state index in [4.69, 9.17) is 0 Å². The van der Waals surface area contributed by atoms with Crippen LogP contribution in [0.3, 0.4) is 0 Å². The summed E-state index contributed by atoms with van der Waals surface area (Å²) in [6, 6.07) is 15.2. The molecule has 0 unspecified atom stereocenters. The average Bonchev–Trinajstić information content (AvgIpc) is 2.73. The van der Waals surface area contributed by atoms with Crippen molar-refractivity contribution in [2.45, 2.75) is 25.9 Å². The van der Waals surface area contributed by atoms with E-state index in [1.54, 1.807) is 0 Å². The number of nitrogens with zero attached hydrogens (tertiary/aromatic N) is 3. The lowest BCUT2D eigenvalue weighted by Crippen LogP contribution is -2.46. The number of piperazine rings is 1. The van der Waals surface area contributed by atoms with Gasteiger partial charge < -0.3 is 9.47 Å². The van der Waals surface area contributed by atoms with Gasteiger partial charge >= 0.3 is 0 Å². The molecule has 0 amide bonds. The van der Waals surface area contributed by atoms with Gasteiger partial charge in [0.2, 0.25) is 0 Å². The molecule has 4 nitrogen and oxygen atoms in total. The third-order valence-electron chi connectivity index (χ3n) is 6.06. The molecule has 2 aromatic carbocycles. The Kier molecular flexibility index (Phi) is 4.40. The quantitative estimate of drug-likeness (QED) is 0.700. The van der Waals surface area contributed by atoms with Gasteiger partial charge in [-0.3, -0.25) is 9.69 Å². The molecular weight excluding hydrogens is 353 g/mol. The van der Waals surface area contributed by atoms with E-state index >= 15 is 0 Å². The van der Waals surface area contributed by atoms with Crippen LogP contribution in [0, 0.1) is 5.82 Å². The fraction of sp³-hybridized carbons (Fsp3) is 0.348. The largest absolute Gasteiger partial charge is 0.369 e. The van der Waals surface area contributed by atoms with E-state index in [0.29, 0.717) is 6.54 Å². The van der Waals surface area contributed by atoms with Crippen LogP contribution in [0.2, 0.25) is 0 Å². The number of para-hydroxylation sites is 1. The number of hydrogen-bond donors (Lipinski definition) is 0. The molecule has 0 saturated carbocycles. The minimum Gasteiger partial charge on any atom is -0.369 e. The fourth-order valence-corrected chi connectivity index (χ4v) is 4.59. The van der Waals surface area contributed by atoms with Crippen molar-refractivity contribution in [3.05, 3.63) is 75.8 Å². The van der Waals surface area contributed by atoms with Crippen LogP contribution in [0.15, 0.2) is 53.3 Å². The molecule has 1 fully saturated rings. The normalized spacial score (nSPS) is 17.2. The van der Waals surface area contributed by atoms with Crippen molar-refractivity contribution >= 4 is 16.6 Å². The van der Waals surface area contributed by atoms with E-state index in [0.717, 1.165) is 62.3 Å². The minimum atomic E-state index is -0.203. The summed E-state index contributed by atoms with van der Waals surface area (Å²) in [5.74, 6) is -0.203. The zero-order chi connectivity index (χ0) is 19.1. The van der Waals surface area contributed by atoms with Crippen LogP contribution in [0.5, 0.6) is 0 Å². The maximum Gasteiger partial charge on any atom is 0.255 e. The molecular formula is C23H24FN3O. The van der Waals surface area contributed by atoms with Gasteiger partial charge in [0, 0.05) is 50.5 Å². The lowest BCUT2D eigenvalue weighted by Gasteiger charge is -2.36. The molecule has 0 N–H and O–H groups in total. The summed E-state index contributed by atoms with van der Waals surface area (Å²) < 4.78 is 15.1. The zero-order valence-corrected chi connectivity index (χ0v) is 15.9. The highest BCUT2D eigenvalue weighted by atomic mass is 19.1. The average molecular weight is 377 g/mol. The van der Waals surface area contributed by atoms with E-state index in [2.05, 4.69) is 34.1 Å². The standard InChI is InChI=1S/C23H24FN3O/c24-20-6-8-21(9-7-20)26-13-11-25(12-14-26)16-19-15-18-4-1-3-17-5-2-10-27(22(17)18)23(19)28/h1,3-4,6-9,15H,2,5,10-14,16H2. The number of aryl methyl sites for hydroxylation is 2. The first kappa shape index (κ1) is 17.4. The third kappa shape index (κ3) is 3.10. The van der Waals surface area contributed by atoms with Crippen LogP contribution >= 0.6 is 0 Å². The highest BCUT2D eigenvalue weighted by Crippen LogP contribution is 2.24. The predicted octanol–water partition coefficient (Wildman–Crippen LogP) is 3.41. The van der Waals surface area contributed by atoms with Crippen molar-refractivity contribution in [2.75, 3.05) is 31.1 Å². The van der Waals surface area contributed by atoms with Gasteiger partial charge in [0.05, 0.1) is 5.52 Å². The Balaban J connectivity index is 1.35. The summed E-state index contributed by atoms with van der Waals surface area (Å²) in [5, 5.41) is 1.18. The van der Waals surface area contributed by atoms with E-state index in [1.807, 2.05) is 16.7 Å². The molecule has 3 aromatic rings. The van der Waals surface area contributed by atoms with Crippen molar-refractivity contribution < 1.29 is 4.39 Å². The molecule has 5 rings (SSSR count). The number of pyridine rings is 1. The third-order valence-corrected chi connectivity index (χ3v) is 6.06. The Bertz CT molecular complexity index is 1070. The number of anilines is 1. The van der Waals surface area contributed by atoms with Crippen molar-refractivity contribution in [1.29, 1.82) is 0 Å². The van der Waals surface area contributed by atoms with Crippen LogP contribution in [-0.4, -0.2) is 35.6 Å². The molecule has 0 bridgehead atoms. The van der Waals surface area contributed by atoms with Crippen LogP contribution in [0.1, 0.15) is 17.5 Å². The first-order valence-electron chi connectivity index (χ1n) is 10.1. The summed E-state index contributed by atoms with van der Waals surface area (Å²) in [7, 11) is 0. The number of rotatable bonds is 3. The summed E-state index contributed by atoms with van der Waals surface area (Å²) in [6.45, 7) is 5.08. The molecule has 3 heterocycles. The topological polar surface area (TPSA) is 28.5 Å². The highest BCUT2D eigenvalue weighted by Gasteiger charge is 2.21. The van der Waals surface area contributed by atoms with Crippen molar-refractivity contribution in [2.24, 2.45) is 0 Å². The van der Waals surface area contributed by atoms with E-state index in [9.17, 15) is 9.18 Å². The van der Waals surface area contributed by atoms with Crippen molar-refractivity contribution in [3.8, 4) is 0 Å². The number of aromatic nitrogens is 1. The lowest BCUT2D eigenvalue weighted by molar-refractivity contribution is 0.248. The van der Waals surface area contributed by atoms with E-state index in [1.165, 1.54) is 23.1 Å². The van der Waals surface area contributed by atoms with Gasteiger partial charge in [-0.15, -0.1) is 0 Å². The second kappa shape index (κ2) is 7.06. The first-order chi connectivity index (χ1) is 13.7. The molecule has 0 spiro atoms. The van der Waals surface area contributed by atoms with Gasteiger partial charge in [0.25, 0.3) is 5.56 Å². The summed E-state index contributed by atoms with van der Waals surface area (Å²) >= 11 is 0. The molecule has 0 aliphatic carbocycles. The highest BCUT2D eigenvalue weighted by molar-refractivity contribution is 5.83. The molecule has 0 atom stereocenters. The van der Waals surface area contributed by atoms with Crippen LogP contribution < -0.4 is 10.5 Å². The maximum atomic E-state index is 13.1. The lowest BCUT2D eigenvalue weighted by atomic mass is 10.00. The number of halogens is 1. The van der Waals surface area contributed by atoms with Crippen LogP contribution in [0.4, 0.5) is 10.1 Å². The minimum absolute atomic E-state index is 0.167. The fourth-order valence-electron chi connectivity index (χ4n) is 4.59. The Hall–Kier alpha value is -2.66. The molecule has 5 heteroatoms. The molecule has 2 aliphatic rings. The SMILES string of the molecule is O=c1c(CN2CCN(c3ccc(F)cc3)CC2)cc2cccc3c2n1CCC3. The first-order valence-corrected chi connectivity index (χ1v) is 10.1. The maximum absolute atomic E-state index is 13.1. The summed E-state index contributed by atoms with van der Waals surface area (Å²) in [4.78, 5) is 17.7. The van der Waals surface area contributed by atoms with Crippen LogP contribution in [0.25, 0.3) is 10.9 Å². The summed E-state index contributed by atoms with van der Waals surface area (Å²) in [6.07, 6.45) is 2.09. The summed E-state index contributed by atoms with van der Waals surface area (Å²) in [5.41, 5.74) is 4.54. The second-order valence-electron chi connectivity index (χ2n) is 7.82. The van der Waals surface area contributed by atoms with Gasteiger partial charge in [-0.05, 0) is 54.1 Å². The van der Waals surface area contributed by atoms with Gasteiger partial charge in [-0.1, -0.05) is 18.2 Å². The van der Waals surface area contributed by atoms with Crippen molar-refractivity contribution in [3.63, 3.8) is 0 Å². The van der Waals surface area contributed by atoms with Gasteiger partial charge in [0.1, 0.15) is 5.82 Å². The smallest absolute Gasteiger partial charge is 0.255 e. The molecule has 1 saturated heterocycles. The monoisotopic (exact) mass is 377 g/mol. The molecule has 144 valence electrons. The van der Waals surface area contributed by atoms with Gasteiger partial charge in [-0.2, -0.15) is 0 Å². The molecule has 28 heavy (non-hydrogen) atoms. The van der Waals surface area contributed by atoms with Gasteiger partial charge in [-0.25, -0.2) is 4.39 Å².